The zero-order chi connectivity index (χ0) is 15.6. The van der Waals surface area contributed by atoms with E-state index >= 15 is 0 Å². The molecule has 6 heteroatoms. The molecule has 0 spiro atoms. The van der Waals surface area contributed by atoms with Gasteiger partial charge in [0.15, 0.2) is 0 Å². The van der Waals surface area contributed by atoms with Gasteiger partial charge in [-0.2, -0.15) is 0 Å². The van der Waals surface area contributed by atoms with Crippen molar-refractivity contribution in [3.05, 3.63) is 46.2 Å². The lowest BCUT2D eigenvalue weighted by atomic mass is 10.1. The molecule has 5 nitrogen and oxygen atoms in total. The second-order valence-electron chi connectivity index (χ2n) is 5.94. The standard InChI is InChI=1S/C17H18N4OS/c22-17(18-11-14-6-3-9-23-14)12-7-8-16-15(10-12)19-20-21(16)13-4-1-2-5-13/h3,6-10,13H,1-2,4-5,11H2,(H,18,22). The number of nitrogens with zero attached hydrogens (tertiary/aromatic N) is 3. The van der Waals surface area contributed by atoms with Crippen LogP contribution in [0, 0.1) is 0 Å². The number of fused-ring (bicyclic) bond motifs is 1. The molecule has 0 bridgehead atoms. The van der Waals surface area contributed by atoms with Crippen LogP contribution in [0.4, 0.5) is 0 Å². The first-order valence-corrected chi connectivity index (χ1v) is 8.85. The van der Waals surface area contributed by atoms with E-state index in [0.717, 1.165) is 15.9 Å². The van der Waals surface area contributed by atoms with Crippen LogP contribution >= 0.6 is 11.3 Å². The van der Waals surface area contributed by atoms with Crippen molar-refractivity contribution in [1.29, 1.82) is 0 Å². The number of amides is 1. The first-order chi connectivity index (χ1) is 11.3. The average Bonchev–Trinajstić information content (AvgIpc) is 3.31. The highest BCUT2D eigenvalue weighted by atomic mass is 32.1. The fourth-order valence-electron chi connectivity index (χ4n) is 3.18. The Kier molecular flexibility index (Phi) is 3.83. The quantitative estimate of drug-likeness (QED) is 0.798. The average molecular weight is 326 g/mol. The fraction of sp³-hybridized carbons (Fsp3) is 0.353. The number of benzene rings is 1. The Morgan fingerprint density at radius 3 is 2.96 bits per heavy atom. The summed E-state index contributed by atoms with van der Waals surface area (Å²) in [5.74, 6) is -0.0734. The summed E-state index contributed by atoms with van der Waals surface area (Å²) < 4.78 is 2.02. The van der Waals surface area contributed by atoms with Crippen LogP contribution in [0.2, 0.25) is 0 Å². The van der Waals surface area contributed by atoms with Crippen LogP contribution in [0.1, 0.15) is 47.0 Å². The number of carbonyl (C=O) groups is 1. The zero-order valence-corrected chi connectivity index (χ0v) is 13.6. The molecule has 118 valence electrons. The van der Waals surface area contributed by atoms with Gasteiger partial charge in [0.25, 0.3) is 5.91 Å². The molecular formula is C17H18N4OS. The van der Waals surface area contributed by atoms with Gasteiger partial charge in [-0.1, -0.05) is 24.1 Å². The minimum absolute atomic E-state index is 0.0734. The van der Waals surface area contributed by atoms with Crippen molar-refractivity contribution < 1.29 is 4.79 Å². The second-order valence-corrected chi connectivity index (χ2v) is 6.97. The zero-order valence-electron chi connectivity index (χ0n) is 12.7. The molecule has 0 aliphatic heterocycles. The van der Waals surface area contributed by atoms with Crippen molar-refractivity contribution in [2.45, 2.75) is 38.3 Å². The van der Waals surface area contributed by atoms with Gasteiger partial charge in [0.2, 0.25) is 0 Å². The second kappa shape index (κ2) is 6.12. The van der Waals surface area contributed by atoms with Crippen molar-refractivity contribution in [3.63, 3.8) is 0 Å². The molecule has 1 aromatic carbocycles. The molecular weight excluding hydrogens is 308 g/mol. The Bertz CT molecular complexity index is 818. The number of hydrogen-bond donors (Lipinski definition) is 1. The highest BCUT2D eigenvalue weighted by molar-refractivity contribution is 7.09. The van der Waals surface area contributed by atoms with Crippen LogP contribution in [0.25, 0.3) is 11.0 Å². The summed E-state index contributed by atoms with van der Waals surface area (Å²) in [6.45, 7) is 0.559. The maximum atomic E-state index is 12.3. The molecule has 23 heavy (non-hydrogen) atoms. The van der Waals surface area contributed by atoms with Gasteiger partial charge < -0.3 is 5.32 Å². The molecule has 1 aliphatic rings. The molecule has 0 saturated heterocycles. The van der Waals surface area contributed by atoms with Gasteiger partial charge in [-0.15, -0.1) is 16.4 Å². The van der Waals surface area contributed by atoms with E-state index in [1.165, 1.54) is 25.7 Å². The van der Waals surface area contributed by atoms with Gasteiger partial charge >= 0.3 is 0 Å². The van der Waals surface area contributed by atoms with Gasteiger partial charge in [0.05, 0.1) is 18.1 Å². The number of aromatic nitrogens is 3. The predicted octanol–water partition coefficient (Wildman–Crippen LogP) is 3.54. The fourth-order valence-corrected chi connectivity index (χ4v) is 3.83. The van der Waals surface area contributed by atoms with E-state index in [0.29, 0.717) is 18.2 Å². The van der Waals surface area contributed by atoms with Gasteiger partial charge in [-0.25, -0.2) is 4.68 Å². The van der Waals surface area contributed by atoms with Crippen LogP contribution in [-0.4, -0.2) is 20.9 Å². The molecule has 1 saturated carbocycles. The number of rotatable bonds is 4. The lowest BCUT2D eigenvalue weighted by molar-refractivity contribution is 0.0951. The maximum absolute atomic E-state index is 12.3. The van der Waals surface area contributed by atoms with Crippen LogP contribution < -0.4 is 5.32 Å². The molecule has 1 fully saturated rings. The minimum atomic E-state index is -0.0734. The maximum Gasteiger partial charge on any atom is 0.251 e. The van der Waals surface area contributed by atoms with E-state index < -0.39 is 0 Å². The normalized spacial score (nSPS) is 15.3. The van der Waals surface area contributed by atoms with Crippen molar-refractivity contribution in [1.82, 2.24) is 20.3 Å². The number of carbonyl (C=O) groups excluding carboxylic acids is 1. The van der Waals surface area contributed by atoms with Crippen LogP contribution in [0.5, 0.6) is 0 Å². The first-order valence-electron chi connectivity index (χ1n) is 7.97. The van der Waals surface area contributed by atoms with E-state index in [1.54, 1.807) is 11.3 Å². The Morgan fingerprint density at radius 2 is 2.17 bits per heavy atom. The molecule has 2 aromatic heterocycles. The van der Waals surface area contributed by atoms with Crippen LogP contribution in [-0.2, 0) is 6.54 Å². The molecule has 4 rings (SSSR count). The monoisotopic (exact) mass is 326 g/mol. The molecule has 2 heterocycles. The molecule has 3 aromatic rings. The smallest absolute Gasteiger partial charge is 0.251 e. The number of hydrogen-bond acceptors (Lipinski definition) is 4. The molecule has 0 unspecified atom stereocenters. The van der Waals surface area contributed by atoms with Gasteiger partial charge in [-0.3, -0.25) is 4.79 Å². The highest BCUT2D eigenvalue weighted by Gasteiger charge is 2.20. The van der Waals surface area contributed by atoms with E-state index in [4.69, 9.17) is 0 Å². The number of nitrogens with one attached hydrogen (secondary N) is 1. The van der Waals surface area contributed by atoms with E-state index in [-0.39, 0.29) is 5.91 Å². The topological polar surface area (TPSA) is 59.8 Å². The molecule has 1 amide bonds. The van der Waals surface area contributed by atoms with Crippen molar-refractivity contribution in [2.75, 3.05) is 0 Å². The minimum Gasteiger partial charge on any atom is -0.347 e. The van der Waals surface area contributed by atoms with E-state index in [9.17, 15) is 4.79 Å². The highest BCUT2D eigenvalue weighted by Crippen LogP contribution is 2.31. The predicted molar refractivity (Wildman–Crippen MR) is 90.5 cm³/mol. The van der Waals surface area contributed by atoms with Crippen LogP contribution in [0.3, 0.4) is 0 Å². The Balaban J connectivity index is 1.53. The van der Waals surface area contributed by atoms with Gasteiger partial charge in [0, 0.05) is 10.4 Å². The summed E-state index contributed by atoms with van der Waals surface area (Å²) in [6.07, 6.45) is 4.85. The SMILES string of the molecule is O=C(NCc1cccs1)c1ccc2c(c1)nnn2C1CCCC1. The van der Waals surface area contributed by atoms with Crippen molar-refractivity contribution in [2.24, 2.45) is 0 Å². The third-order valence-corrected chi connectivity index (χ3v) is 5.28. The van der Waals surface area contributed by atoms with Crippen molar-refractivity contribution >= 4 is 28.3 Å². The molecule has 1 N–H and O–H groups in total. The molecule has 0 atom stereocenters. The summed E-state index contributed by atoms with van der Waals surface area (Å²) in [7, 11) is 0. The number of thiophene rings is 1. The third-order valence-electron chi connectivity index (χ3n) is 4.41. The molecule has 0 radical (unpaired) electrons. The molecule has 1 aliphatic carbocycles. The van der Waals surface area contributed by atoms with Gasteiger partial charge in [-0.05, 0) is 42.5 Å². The van der Waals surface area contributed by atoms with E-state index in [2.05, 4.69) is 15.6 Å². The lowest BCUT2D eigenvalue weighted by Gasteiger charge is -2.10. The third kappa shape index (κ3) is 2.86. The summed E-state index contributed by atoms with van der Waals surface area (Å²) in [6, 6.07) is 10.1. The van der Waals surface area contributed by atoms with E-state index in [1.807, 2.05) is 40.4 Å². The summed E-state index contributed by atoms with van der Waals surface area (Å²) in [5.41, 5.74) is 2.44. The Labute approximate surface area is 138 Å². The first kappa shape index (κ1) is 14.4. The summed E-state index contributed by atoms with van der Waals surface area (Å²) in [5, 5.41) is 13.5. The van der Waals surface area contributed by atoms with Crippen molar-refractivity contribution in [3.8, 4) is 0 Å². The summed E-state index contributed by atoms with van der Waals surface area (Å²) >= 11 is 1.64. The Morgan fingerprint density at radius 1 is 1.30 bits per heavy atom. The van der Waals surface area contributed by atoms with Gasteiger partial charge in [0.1, 0.15) is 5.52 Å². The largest absolute Gasteiger partial charge is 0.347 e. The summed E-state index contributed by atoms with van der Waals surface area (Å²) in [4.78, 5) is 13.4. The lowest BCUT2D eigenvalue weighted by Crippen LogP contribution is -2.22. The van der Waals surface area contributed by atoms with Crippen LogP contribution in [0.15, 0.2) is 35.7 Å². The Hall–Kier alpha value is -2.21.